The fourth-order valence-electron chi connectivity index (χ4n) is 7.36. The van der Waals surface area contributed by atoms with Crippen LogP contribution in [0.2, 0.25) is 0 Å². The number of rotatable bonds is 6. The van der Waals surface area contributed by atoms with Gasteiger partial charge in [-0.3, -0.25) is 0 Å². The van der Waals surface area contributed by atoms with Crippen LogP contribution in [0.3, 0.4) is 0 Å². The van der Waals surface area contributed by atoms with Crippen LogP contribution in [-0.4, -0.2) is 14.5 Å². The Kier molecular flexibility index (Phi) is 9.58. The summed E-state index contributed by atoms with van der Waals surface area (Å²) in [6.45, 7) is 15.5. The zero-order valence-corrected chi connectivity index (χ0v) is 34.6. The molecule has 0 fully saturated rings. The Morgan fingerprint density at radius 3 is 2.14 bits per heavy atom. The van der Waals surface area contributed by atoms with Crippen molar-refractivity contribution in [3.8, 4) is 28.4 Å². The monoisotopic (exact) mass is 911 g/mol. The van der Waals surface area contributed by atoms with Crippen molar-refractivity contribution in [1.29, 1.82) is 0 Å². The van der Waals surface area contributed by atoms with Crippen LogP contribution in [0.1, 0.15) is 52.7 Å². The first-order valence-electron chi connectivity index (χ1n) is 18.7. The van der Waals surface area contributed by atoms with E-state index in [2.05, 4.69) is 172 Å². The van der Waals surface area contributed by atoms with E-state index in [1.807, 2.05) is 42.7 Å². The third-order valence-electron chi connectivity index (χ3n) is 10.3. The summed E-state index contributed by atoms with van der Waals surface area (Å²) >= 11 is 0. The zero-order chi connectivity index (χ0) is 37.9. The Labute approximate surface area is 343 Å². The molecule has 0 spiro atoms. The fourth-order valence-corrected chi connectivity index (χ4v) is 7.36. The third kappa shape index (κ3) is 6.77. The predicted octanol–water partition coefficient (Wildman–Crippen LogP) is 12.6. The number of anilines is 4. The van der Waals surface area contributed by atoms with Crippen molar-refractivity contribution >= 4 is 44.7 Å². The summed E-state index contributed by atoms with van der Waals surface area (Å²) < 4.78 is 8.74. The molecule has 3 aromatic heterocycles. The summed E-state index contributed by atoms with van der Waals surface area (Å²) in [5, 5.41) is 2.23. The molecule has 4 heterocycles. The number of hydrogen-bond acceptors (Lipinski definition) is 5. The second kappa shape index (κ2) is 14.4. The third-order valence-corrected chi connectivity index (χ3v) is 10.3. The second-order valence-corrected chi connectivity index (χ2v) is 16.1. The van der Waals surface area contributed by atoms with Gasteiger partial charge in [0.05, 0.1) is 5.69 Å². The van der Waals surface area contributed by atoms with Gasteiger partial charge in [0.1, 0.15) is 11.6 Å². The Bertz CT molecular complexity index is 2710. The molecule has 0 aliphatic carbocycles. The van der Waals surface area contributed by atoms with E-state index in [0.29, 0.717) is 11.5 Å². The van der Waals surface area contributed by atoms with E-state index in [9.17, 15) is 0 Å². The van der Waals surface area contributed by atoms with E-state index in [1.54, 1.807) is 0 Å². The molecule has 9 rings (SSSR count). The van der Waals surface area contributed by atoms with E-state index < -0.39 is 0 Å². The molecule has 8 aromatic rings. The summed E-state index contributed by atoms with van der Waals surface area (Å²) in [5.41, 5.74) is 9.59. The largest absolute Gasteiger partial charge is 0.509 e. The minimum absolute atomic E-state index is 0. The molecular weight excluding hydrogens is 870 g/mol. The fraction of sp³-hybridized carbons (Fsp3) is 0.163. The number of nitrogens with zero attached hydrogens (tertiary/aromatic N) is 5. The van der Waals surface area contributed by atoms with Crippen LogP contribution >= 0.6 is 0 Å². The molecular formula is C49H42N5OPt-3. The molecule has 0 N–H and O–H groups in total. The van der Waals surface area contributed by atoms with Crippen LogP contribution < -0.4 is 14.5 Å². The Hall–Kier alpha value is -5.71. The Morgan fingerprint density at radius 1 is 0.589 bits per heavy atom. The van der Waals surface area contributed by atoms with Crippen LogP contribution in [0.4, 0.5) is 22.9 Å². The van der Waals surface area contributed by atoms with E-state index in [1.165, 1.54) is 11.1 Å². The van der Waals surface area contributed by atoms with Crippen molar-refractivity contribution in [2.75, 3.05) is 9.80 Å². The Morgan fingerprint density at radius 2 is 1.34 bits per heavy atom. The summed E-state index contributed by atoms with van der Waals surface area (Å²) in [6.07, 6.45) is 3.73. The molecule has 0 amide bonds. The second-order valence-electron chi connectivity index (χ2n) is 16.1. The van der Waals surface area contributed by atoms with Gasteiger partial charge in [-0.15, -0.1) is 42.4 Å². The minimum atomic E-state index is -0.0258. The molecule has 5 aromatic carbocycles. The van der Waals surface area contributed by atoms with Crippen molar-refractivity contribution in [3.63, 3.8) is 0 Å². The van der Waals surface area contributed by atoms with Gasteiger partial charge in [0.2, 0.25) is 0 Å². The van der Waals surface area contributed by atoms with Crippen molar-refractivity contribution in [1.82, 2.24) is 14.5 Å². The first kappa shape index (κ1) is 37.2. The number of fused-ring (bicyclic) bond motifs is 4. The molecule has 282 valence electrons. The van der Waals surface area contributed by atoms with E-state index >= 15 is 0 Å². The zero-order valence-electron chi connectivity index (χ0n) is 32.3. The smallest absolute Gasteiger partial charge is 0.135 e. The van der Waals surface area contributed by atoms with Crippen molar-refractivity contribution < 1.29 is 25.8 Å². The number of hydrogen-bond donors (Lipinski definition) is 0. The average Bonchev–Trinajstić information content (AvgIpc) is 3.74. The molecule has 7 heteroatoms. The summed E-state index contributed by atoms with van der Waals surface area (Å²) in [4.78, 5) is 14.0. The first-order valence-corrected chi connectivity index (χ1v) is 18.7. The summed E-state index contributed by atoms with van der Waals surface area (Å²) in [5.74, 6) is 2.84. The molecule has 0 saturated heterocycles. The number of ether oxygens (including phenoxy) is 1. The van der Waals surface area contributed by atoms with Crippen LogP contribution in [0.15, 0.2) is 140 Å². The first-order chi connectivity index (χ1) is 26.5. The molecule has 1 aliphatic rings. The van der Waals surface area contributed by atoms with Crippen molar-refractivity contribution in [2.24, 2.45) is 0 Å². The average molecular weight is 912 g/mol. The summed E-state index contributed by atoms with van der Waals surface area (Å²) in [6, 6.07) is 51.3. The molecule has 0 unspecified atom stereocenters. The maximum absolute atomic E-state index is 6.56. The van der Waals surface area contributed by atoms with Crippen LogP contribution in [-0.2, 0) is 31.9 Å². The standard InChI is InChI=1S/C49H42N5O.Pt/c1-48(2,3)34-21-23-39(33-14-8-7-9-15-33)44(28-34)53-32-52(47-43(53)20-13-26-51-47)36-16-12-17-37(30-36)55-38-22-24-41-40-18-10-11-19-42(40)54(45(41)31-38)46-29-35(25-27-50-46)49(4,5)6;/h7-29,32H,1-6H3;/q-3;. The molecule has 1 aliphatic heterocycles. The van der Waals surface area contributed by atoms with Crippen molar-refractivity contribution in [2.45, 2.75) is 52.4 Å². The van der Waals surface area contributed by atoms with Crippen LogP contribution in [0.25, 0.3) is 38.8 Å². The number of benzene rings is 5. The summed E-state index contributed by atoms with van der Waals surface area (Å²) in [7, 11) is 0. The Balaban J connectivity index is 0.00000441. The predicted molar refractivity (Wildman–Crippen MR) is 225 cm³/mol. The minimum Gasteiger partial charge on any atom is -0.509 e. The van der Waals surface area contributed by atoms with Crippen LogP contribution in [0, 0.1) is 18.8 Å². The molecule has 0 bridgehead atoms. The molecule has 0 atom stereocenters. The van der Waals surface area contributed by atoms with Gasteiger partial charge in [-0.05, 0) is 69.3 Å². The SMILES string of the molecule is CC(C)(C)c1ccnc(-n2c3[c-]c(Oc4[c-]c(N5[CH-]N(c6cc(C(C)(C)C)ccc6-c6ccccc6)c6cccnc65)ccc4)ccc3c3ccccc32)c1.[Pt]. The van der Waals surface area contributed by atoms with Crippen LogP contribution in [0.5, 0.6) is 11.5 Å². The number of para-hydroxylation sites is 1. The van der Waals surface area contributed by atoms with Gasteiger partial charge in [0.15, 0.2) is 0 Å². The maximum Gasteiger partial charge on any atom is 0.135 e. The van der Waals surface area contributed by atoms with E-state index in [4.69, 9.17) is 14.7 Å². The van der Waals surface area contributed by atoms with E-state index in [-0.39, 0.29) is 31.9 Å². The van der Waals surface area contributed by atoms with E-state index in [0.717, 1.165) is 61.6 Å². The van der Waals surface area contributed by atoms with Gasteiger partial charge in [0.25, 0.3) is 0 Å². The maximum atomic E-state index is 6.56. The molecule has 0 radical (unpaired) electrons. The number of aromatic nitrogens is 3. The number of pyridine rings is 2. The van der Waals surface area contributed by atoms with Gasteiger partial charge >= 0.3 is 0 Å². The normalized spacial score (nSPS) is 12.9. The van der Waals surface area contributed by atoms with Gasteiger partial charge in [-0.1, -0.05) is 113 Å². The topological polar surface area (TPSA) is 46.4 Å². The van der Waals surface area contributed by atoms with Gasteiger partial charge in [-0.2, -0.15) is 12.1 Å². The van der Waals surface area contributed by atoms with Gasteiger partial charge < -0.3 is 19.1 Å². The quantitative estimate of drug-likeness (QED) is 0.156. The van der Waals surface area contributed by atoms with Crippen molar-refractivity contribution in [3.05, 3.63) is 170 Å². The molecule has 0 saturated carbocycles. The molecule has 6 nitrogen and oxygen atoms in total. The van der Waals surface area contributed by atoms with Gasteiger partial charge in [-0.25, -0.2) is 9.97 Å². The van der Waals surface area contributed by atoms with Gasteiger partial charge in [0, 0.05) is 61.7 Å². The molecule has 56 heavy (non-hydrogen) atoms.